The van der Waals surface area contributed by atoms with Crippen LogP contribution in [0.25, 0.3) is 5.52 Å². The number of imidazole rings is 1. The van der Waals surface area contributed by atoms with Crippen molar-refractivity contribution in [3.63, 3.8) is 0 Å². The van der Waals surface area contributed by atoms with Gasteiger partial charge in [0.05, 0.1) is 18.5 Å². The highest BCUT2D eigenvalue weighted by Crippen LogP contribution is 2.55. The lowest BCUT2D eigenvalue weighted by atomic mass is 10.1. The highest BCUT2D eigenvalue weighted by Gasteiger charge is 2.46. The lowest BCUT2D eigenvalue weighted by Crippen LogP contribution is -2.33. The lowest BCUT2D eigenvalue weighted by molar-refractivity contribution is -0.0217. The minimum Gasteiger partial charge on any atom is -0.387 e. The van der Waals surface area contributed by atoms with Gasteiger partial charge in [-0.2, -0.15) is 5.10 Å². The Kier molecular flexibility index (Phi) is 6.76. The molecule has 0 amide bonds. The van der Waals surface area contributed by atoms with Gasteiger partial charge in [0.25, 0.3) is 0 Å². The van der Waals surface area contributed by atoms with Crippen molar-refractivity contribution in [2.45, 2.75) is 37.5 Å². The number of rotatable bonds is 7. The van der Waals surface area contributed by atoms with E-state index in [1.54, 1.807) is 12.3 Å². The molecule has 2 aromatic heterocycles. The standard InChI is InChI=1S/C20H23ClN4O9P2/c21-16-5-13(24-7-11-3-1-2-4-12(11)8-24)14-6-22-20(25(14)23-16)19-18(27)17(26)15(34-19)9-33-36(31,32)10-35(28,29)30/h1-6,15,17-19,26-27H,7-10H2,(H,31,32)(H2,28,29,30)/t15-,17-,18-,19-/m1/s1. The molecule has 0 aliphatic carbocycles. The summed E-state index contributed by atoms with van der Waals surface area (Å²) in [5.41, 5.74) is 3.72. The van der Waals surface area contributed by atoms with Crippen molar-refractivity contribution in [2.24, 2.45) is 0 Å². The maximum atomic E-state index is 11.9. The first-order chi connectivity index (χ1) is 16.9. The molecule has 1 unspecified atom stereocenters. The van der Waals surface area contributed by atoms with Gasteiger partial charge >= 0.3 is 15.2 Å². The fourth-order valence-corrected chi connectivity index (χ4v) is 7.21. The van der Waals surface area contributed by atoms with E-state index in [2.05, 4.69) is 27.1 Å². The van der Waals surface area contributed by atoms with Crippen LogP contribution in [0.1, 0.15) is 23.1 Å². The predicted molar refractivity (Wildman–Crippen MR) is 127 cm³/mol. The van der Waals surface area contributed by atoms with Crippen molar-refractivity contribution >= 4 is 38.0 Å². The van der Waals surface area contributed by atoms with Crippen LogP contribution in [0.4, 0.5) is 5.69 Å². The molecule has 3 aromatic rings. The predicted octanol–water partition coefficient (Wildman–Crippen LogP) is 1.40. The zero-order chi connectivity index (χ0) is 25.8. The van der Waals surface area contributed by atoms with E-state index < -0.39 is 52.1 Å². The topological polar surface area (TPSA) is 187 Å². The number of aromatic nitrogens is 3. The van der Waals surface area contributed by atoms with Crippen LogP contribution in [0.3, 0.4) is 0 Å². The molecule has 1 saturated heterocycles. The molecule has 5 rings (SSSR count). The molecular formula is C20H23ClN4O9P2. The smallest absolute Gasteiger partial charge is 0.340 e. The number of anilines is 1. The summed E-state index contributed by atoms with van der Waals surface area (Å²) in [5.74, 6) is -1.24. The normalized spacial score (nSPS) is 25.9. The third-order valence-electron chi connectivity index (χ3n) is 6.08. The highest BCUT2D eigenvalue weighted by atomic mass is 35.5. The molecule has 13 nitrogen and oxygen atoms in total. The summed E-state index contributed by atoms with van der Waals surface area (Å²) in [7, 11) is -9.50. The third kappa shape index (κ3) is 5.09. The molecule has 0 saturated carbocycles. The maximum Gasteiger partial charge on any atom is 0.340 e. The Hall–Kier alpha value is -1.89. The third-order valence-corrected chi connectivity index (χ3v) is 9.72. The minimum atomic E-state index is -4.82. The fraction of sp³-hybridized carbons (Fsp3) is 0.400. The number of aliphatic hydroxyl groups is 2. The fourth-order valence-electron chi connectivity index (χ4n) is 4.47. The van der Waals surface area contributed by atoms with Crippen LogP contribution >= 0.6 is 26.8 Å². The molecule has 36 heavy (non-hydrogen) atoms. The van der Waals surface area contributed by atoms with E-state index in [1.807, 2.05) is 12.1 Å². The summed E-state index contributed by atoms with van der Waals surface area (Å²) in [6, 6.07) is 9.76. The molecule has 16 heteroatoms. The van der Waals surface area contributed by atoms with Crippen molar-refractivity contribution in [3.05, 3.63) is 58.6 Å². The summed E-state index contributed by atoms with van der Waals surface area (Å²) in [5, 5.41) is 25.5. The second-order valence-corrected chi connectivity index (χ2v) is 13.1. The summed E-state index contributed by atoms with van der Waals surface area (Å²) in [6.45, 7) is 0.615. The van der Waals surface area contributed by atoms with Crippen LogP contribution in [0, 0.1) is 0 Å². The first-order valence-electron chi connectivity index (χ1n) is 10.8. The Morgan fingerprint density at radius 3 is 2.42 bits per heavy atom. The quantitative estimate of drug-likeness (QED) is 0.262. The van der Waals surface area contributed by atoms with Crippen LogP contribution in [0.2, 0.25) is 5.15 Å². The number of aliphatic hydroxyl groups excluding tert-OH is 2. The van der Waals surface area contributed by atoms with E-state index in [-0.39, 0.29) is 11.0 Å². The Balaban J connectivity index is 1.38. The van der Waals surface area contributed by atoms with E-state index in [0.29, 0.717) is 18.6 Å². The SMILES string of the molecule is O=P(O)(O)CP(=O)(O)OC[C@H]1O[C@@H](c2ncc3c(N4Cc5ccccc5C4)cc(Cl)nn23)[C@H](O)[C@@H]1O. The second-order valence-electron chi connectivity index (χ2n) is 8.71. The van der Waals surface area contributed by atoms with Gasteiger partial charge in [-0.25, -0.2) is 9.50 Å². The Bertz CT molecular complexity index is 1370. The monoisotopic (exact) mass is 560 g/mol. The molecule has 5 atom stereocenters. The average molecular weight is 561 g/mol. The van der Waals surface area contributed by atoms with Crippen molar-refractivity contribution in [1.82, 2.24) is 14.6 Å². The second kappa shape index (κ2) is 9.45. The minimum absolute atomic E-state index is 0.141. The molecule has 2 aliphatic heterocycles. The number of halogens is 1. The number of fused-ring (bicyclic) bond motifs is 2. The molecule has 194 valence electrons. The molecule has 1 fully saturated rings. The number of nitrogens with zero attached hydrogens (tertiary/aromatic N) is 4. The Morgan fingerprint density at radius 2 is 1.78 bits per heavy atom. The van der Waals surface area contributed by atoms with Gasteiger partial charge < -0.3 is 39.1 Å². The number of ether oxygens (including phenoxy) is 1. The molecule has 4 heterocycles. The molecule has 0 radical (unpaired) electrons. The van der Waals surface area contributed by atoms with Crippen LogP contribution in [-0.4, -0.2) is 70.3 Å². The molecule has 2 aliphatic rings. The van der Waals surface area contributed by atoms with E-state index in [4.69, 9.17) is 30.6 Å². The van der Waals surface area contributed by atoms with Crippen molar-refractivity contribution in [3.8, 4) is 0 Å². The van der Waals surface area contributed by atoms with Gasteiger partial charge in [0.15, 0.2) is 16.9 Å². The lowest BCUT2D eigenvalue weighted by Gasteiger charge is -2.20. The molecule has 5 N–H and O–H groups in total. The number of hydrogen-bond acceptors (Lipinski definition) is 9. The highest BCUT2D eigenvalue weighted by molar-refractivity contribution is 7.70. The first kappa shape index (κ1) is 25.7. The number of benzene rings is 1. The van der Waals surface area contributed by atoms with Crippen LogP contribution in [-0.2, 0) is 31.5 Å². The Morgan fingerprint density at radius 1 is 1.11 bits per heavy atom. The van der Waals surface area contributed by atoms with Gasteiger partial charge in [0.1, 0.15) is 29.9 Å². The van der Waals surface area contributed by atoms with E-state index in [1.165, 1.54) is 15.6 Å². The van der Waals surface area contributed by atoms with Gasteiger partial charge in [0.2, 0.25) is 0 Å². The molecule has 0 bridgehead atoms. The largest absolute Gasteiger partial charge is 0.387 e. The van der Waals surface area contributed by atoms with E-state index in [9.17, 15) is 24.2 Å². The maximum absolute atomic E-state index is 11.9. The van der Waals surface area contributed by atoms with Gasteiger partial charge in [-0.1, -0.05) is 35.9 Å². The van der Waals surface area contributed by atoms with Gasteiger partial charge in [0, 0.05) is 19.2 Å². The van der Waals surface area contributed by atoms with Gasteiger partial charge in [-0.15, -0.1) is 0 Å². The number of hydrogen-bond donors (Lipinski definition) is 5. The molecule has 1 aromatic carbocycles. The van der Waals surface area contributed by atoms with Crippen LogP contribution < -0.4 is 4.90 Å². The molecular weight excluding hydrogens is 538 g/mol. The first-order valence-corrected chi connectivity index (χ1v) is 14.7. The van der Waals surface area contributed by atoms with Crippen molar-refractivity contribution < 1.29 is 43.3 Å². The summed E-state index contributed by atoms with van der Waals surface area (Å²) < 4.78 is 34.8. The zero-order valence-corrected chi connectivity index (χ0v) is 21.1. The van der Waals surface area contributed by atoms with Gasteiger partial charge in [-0.3, -0.25) is 9.13 Å². The summed E-state index contributed by atoms with van der Waals surface area (Å²) in [6.07, 6.45) is -3.95. The van der Waals surface area contributed by atoms with Crippen LogP contribution in [0.15, 0.2) is 36.5 Å². The average Bonchev–Trinajstić information content (AvgIpc) is 3.47. The summed E-state index contributed by atoms with van der Waals surface area (Å²) >= 11 is 6.31. The zero-order valence-electron chi connectivity index (χ0n) is 18.5. The van der Waals surface area contributed by atoms with E-state index >= 15 is 0 Å². The van der Waals surface area contributed by atoms with E-state index in [0.717, 1.165) is 5.69 Å². The molecule has 0 spiro atoms. The van der Waals surface area contributed by atoms with Crippen molar-refractivity contribution in [1.29, 1.82) is 0 Å². The van der Waals surface area contributed by atoms with Crippen molar-refractivity contribution in [2.75, 3.05) is 17.4 Å². The Labute approximate surface area is 209 Å². The summed E-state index contributed by atoms with van der Waals surface area (Å²) in [4.78, 5) is 34.0. The van der Waals surface area contributed by atoms with Gasteiger partial charge in [-0.05, 0) is 11.1 Å². The van der Waals surface area contributed by atoms with Crippen LogP contribution in [0.5, 0.6) is 0 Å².